The summed E-state index contributed by atoms with van der Waals surface area (Å²) < 4.78 is 58.6. The van der Waals surface area contributed by atoms with Crippen LogP contribution in [0.1, 0.15) is 120 Å². The summed E-state index contributed by atoms with van der Waals surface area (Å²) in [5, 5.41) is 0.635. The molecule has 0 aliphatic heterocycles. The van der Waals surface area contributed by atoms with Gasteiger partial charge in [0.25, 0.3) is 0 Å². The van der Waals surface area contributed by atoms with Gasteiger partial charge in [0, 0.05) is 54.4 Å². The molecule has 9 nitrogen and oxygen atoms in total. The fraction of sp³-hybridized carbons (Fsp3) is 0.396. The molecule has 314 valence electrons. The third-order valence-electron chi connectivity index (χ3n) is 10.2. The standard InChI is InChI=1S/C34H36FNO6S.C14H20O2/c1-4-31(38)33-29-20-28(24-10-11-24)30(21-32(29)42-34(33)25-12-14-27(35)15-13-25)36(43(3,39)40)16-18-41-17-6-8-23-7-5-9-26(19-23)22(2)37;1-3-9-16-10-5-7-13-6-4-8-14(11-13)12(2)15/h5,7,9,12-15,19-21,24H,4,6,8,10-11,16-18H2,1-3H3;4,6,8,11H,3,5,7,9-10H2,1-2H3. The summed E-state index contributed by atoms with van der Waals surface area (Å²) in [6.45, 7) is 9.43. The van der Waals surface area contributed by atoms with Crippen LogP contribution in [0.3, 0.4) is 0 Å². The van der Waals surface area contributed by atoms with E-state index in [-0.39, 0.29) is 42.8 Å². The Morgan fingerprint density at radius 1 is 0.780 bits per heavy atom. The molecule has 0 atom stereocenters. The van der Waals surface area contributed by atoms with Crippen molar-refractivity contribution in [3.05, 3.63) is 124 Å². The highest BCUT2D eigenvalue weighted by Gasteiger charge is 2.33. The minimum atomic E-state index is -3.67. The van der Waals surface area contributed by atoms with E-state index in [0.29, 0.717) is 45.7 Å². The number of nitrogens with zero attached hydrogens (tertiary/aromatic N) is 1. The molecule has 0 N–H and O–H groups in total. The monoisotopic (exact) mass is 825 g/mol. The van der Waals surface area contributed by atoms with Gasteiger partial charge in [-0.1, -0.05) is 50.2 Å². The smallest absolute Gasteiger partial charge is 0.232 e. The van der Waals surface area contributed by atoms with Crippen molar-refractivity contribution >= 4 is 44.0 Å². The van der Waals surface area contributed by atoms with Crippen LogP contribution in [0, 0.1) is 5.82 Å². The number of Topliss-reactive ketones (excluding diaryl/α,β-unsaturated/α-hetero) is 3. The van der Waals surface area contributed by atoms with E-state index in [9.17, 15) is 27.2 Å². The SMILES string of the molecule is CCC(=O)c1c(-c2ccc(F)cc2)oc2cc(N(CCOCCCc3cccc(C(C)=O)c3)S(C)(=O)=O)c(C3CC3)cc12.CCCOCCCc1cccc(C(C)=O)c1. The van der Waals surface area contributed by atoms with Gasteiger partial charge in [-0.15, -0.1) is 0 Å². The summed E-state index contributed by atoms with van der Waals surface area (Å²) in [6, 6.07) is 24.8. The molecule has 1 fully saturated rings. The van der Waals surface area contributed by atoms with E-state index in [1.807, 2.05) is 42.5 Å². The van der Waals surface area contributed by atoms with Crippen molar-refractivity contribution in [2.24, 2.45) is 0 Å². The van der Waals surface area contributed by atoms with Gasteiger partial charge in [-0.05, 0) is 124 Å². The molecule has 1 aliphatic carbocycles. The molecule has 0 spiro atoms. The van der Waals surface area contributed by atoms with E-state index in [1.165, 1.54) is 28.3 Å². The Morgan fingerprint density at radius 2 is 1.36 bits per heavy atom. The van der Waals surface area contributed by atoms with Gasteiger partial charge in [0.1, 0.15) is 17.2 Å². The number of furan rings is 1. The number of benzene rings is 4. The number of ketones is 3. The van der Waals surface area contributed by atoms with Gasteiger partial charge in [0.15, 0.2) is 17.3 Å². The summed E-state index contributed by atoms with van der Waals surface area (Å²) in [5.74, 6) is 0.192. The molecule has 6 rings (SSSR count). The molecule has 59 heavy (non-hydrogen) atoms. The predicted octanol–water partition coefficient (Wildman–Crippen LogP) is 10.6. The molecular formula is C48H56FNO8S. The Balaban J connectivity index is 0.000000348. The maximum atomic E-state index is 13.6. The maximum absolute atomic E-state index is 13.6. The molecule has 11 heteroatoms. The van der Waals surface area contributed by atoms with E-state index in [0.717, 1.165) is 74.8 Å². The molecule has 0 amide bonds. The second kappa shape index (κ2) is 21.3. The largest absolute Gasteiger partial charge is 0.455 e. The fourth-order valence-corrected chi connectivity index (χ4v) is 7.88. The Bertz CT molecular complexity index is 2330. The molecule has 1 saturated carbocycles. The number of fused-ring (bicyclic) bond motifs is 1. The number of hydrogen-bond donors (Lipinski definition) is 0. The molecule has 0 unspecified atom stereocenters. The van der Waals surface area contributed by atoms with Crippen molar-refractivity contribution in [2.45, 2.75) is 85.0 Å². The Morgan fingerprint density at radius 3 is 1.86 bits per heavy atom. The van der Waals surface area contributed by atoms with Crippen LogP contribution in [0.2, 0.25) is 0 Å². The summed E-state index contributed by atoms with van der Waals surface area (Å²) in [4.78, 5) is 35.9. The highest BCUT2D eigenvalue weighted by molar-refractivity contribution is 7.92. The number of sulfonamides is 1. The van der Waals surface area contributed by atoms with E-state index < -0.39 is 15.8 Å². The van der Waals surface area contributed by atoms with Crippen LogP contribution in [-0.2, 0) is 32.3 Å². The second-order valence-corrected chi connectivity index (χ2v) is 17.0. The van der Waals surface area contributed by atoms with Gasteiger partial charge < -0.3 is 13.9 Å². The van der Waals surface area contributed by atoms with Crippen molar-refractivity contribution in [2.75, 3.05) is 43.5 Å². The zero-order chi connectivity index (χ0) is 42.5. The van der Waals surface area contributed by atoms with Crippen molar-refractivity contribution in [3.63, 3.8) is 0 Å². The van der Waals surface area contributed by atoms with Gasteiger partial charge in [-0.2, -0.15) is 0 Å². The van der Waals surface area contributed by atoms with Crippen molar-refractivity contribution in [1.82, 2.24) is 0 Å². The molecule has 0 bridgehead atoms. The normalized spacial score (nSPS) is 12.6. The Hall–Kier alpha value is -4.97. The van der Waals surface area contributed by atoms with Crippen LogP contribution in [0.5, 0.6) is 0 Å². The number of ether oxygens (including phenoxy) is 2. The minimum absolute atomic E-state index is 0.0251. The maximum Gasteiger partial charge on any atom is 0.232 e. The van der Waals surface area contributed by atoms with Gasteiger partial charge in [-0.25, -0.2) is 12.8 Å². The third-order valence-corrected chi connectivity index (χ3v) is 11.4. The van der Waals surface area contributed by atoms with Crippen LogP contribution in [0.25, 0.3) is 22.3 Å². The predicted molar refractivity (Wildman–Crippen MR) is 232 cm³/mol. The summed E-state index contributed by atoms with van der Waals surface area (Å²) >= 11 is 0. The molecule has 5 aromatic rings. The number of rotatable bonds is 21. The number of aryl methyl sites for hydroxylation is 2. The average Bonchev–Trinajstić information content (AvgIpc) is 4.00. The number of carbonyl (C=O) groups excluding carboxylic acids is 3. The molecular weight excluding hydrogens is 770 g/mol. The van der Waals surface area contributed by atoms with E-state index in [1.54, 1.807) is 45.0 Å². The fourth-order valence-electron chi connectivity index (χ4n) is 6.95. The summed E-state index contributed by atoms with van der Waals surface area (Å²) in [5.41, 5.74) is 6.54. The van der Waals surface area contributed by atoms with E-state index in [4.69, 9.17) is 13.9 Å². The lowest BCUT2D eigenvalue weighted by molar-refractivity contribution is 0.0986. The highest BCUT2D eigenvalue weighted by atomic mass is 32.2. The number of anilines is 1. The Labute approximate surface area is 348 Å². The summed E-state index contributed by atoms with van der Waals surface area (Å²) in [7, 11) is -3.67. The van der Waals surface area contributed by atoms with Crippen molar-refractivity contribution < 1.29 is 41.1 Å². The highest BCUT2D eigenvalue weighted by Crippen LogP contribution is 2.48. The van der Waals surface area contributed by atoms with Crippen LogP contribution >= 0.6 is 0 Å². The quantitative estimate of drug-likeness (QED) is 0.0530. The summed E-state index contributed by atoms with van der Waals surface area (Å²) in [6.07, 6.45) is 7.83. The van der Waals surface area contributed by atoms with Crippen molar-refractivity contribution in [3.8, 4) is 11.3 Å². The first-order valence-corrected chi connectivity index (χ1v) is 22.4. The lowest BCUT2D eigenvalue weighted by Crippen LogP contribution is -2.34. The van der Waals surface area contributed by atoms with Crippen molar-refractivity contribution in [1.29, 1.82) is 0 Å². The molecule has 4 aromatic carbocycles. The topological polar surface area (TPSA) is 120 Å². The first-order valence-electron chi connectivity index (χ1n) is 20.5. The zero-order valence-electron chi connectivity index (χ0n) is 34.9. The number of hydrogen-bond acceptors (Lipinski definition) is 8. The molecule has 0 saturated heterocycles. The van der Waals surface area contributed by atoms with Gasteiger partial charge >= 0.3 is 0 Å². The van der Waals surface area contributed by atoms with Crippen LogP contribution in [0.4, 0.5) is 10.1 Å². The molecule has 1 aromatic heterocycles. The van der Waals surface area contributed by atoms with Crippen LogP contribution in [0.15, 0.2) is 89.3 Å². The third kappa shape index (κ3) is 12.8. The lowest BCUT2D eigenvalue weighted by atomic mass is 9.97. The number of carbonyl (C=O) groups is 3. The molecule has 1 heterocycles. The van der Waals surface area contributed by atoms with E-state index >= 15 is 0 Å². The average molecular weight is 826 g/mol. The van der Waals surface area contributed by atoms with Crippen LogP contribution < -0.4 is 4.31 Å². The van der Waals surface area contributed by atoms with Gasteiger partial charge in [-0.3, -0.25) is 18.7 Å². The lowest BCUT2D eigenvalue weighted by Gasteiger charge is -2.25. The van der Waals surface area contributed by atoms with Crippen LogP contribution in [-0.4, -0.2) is 65.0 Å². The molecule has 1 aliphatic rings. The van der Waals surface area contributed by atoms with Gasteiger partial charge in [0.2, 0.25) is 10.0 Å². The number of halogens is 1. The second-order valence-electron chi connectivity index (χ2n) is 15.1. The first-order chi connectivity index (χ1) is 28.3. The Kier molecular flexibility index (Phi) is 16.3. The first kappa shape index (κ1) is 45.1. The molecule has 0 radical (unpaired) electrons. The zero-order valence-corrected chi connectivity index (χ0v) is 35.7. The van der Waals surface area contributed by atoms with Gasteiger partial charge in [0.05, 0.1) is 30.7 Å². The minimum Gasteiger partial charge on any atom is -0.455 e. The van der Waals surface area contributed by atoms with E-state index in [2.05, 4.69) is 13.0 Å².